The Labute approximate surface area is 247 Å². The molecule has 0 radical (unpaired) electrons. The summed E-state index contributed by atoms with van der Waals surface area (Å²) in [4.78, 5) is 20.5. The van der Waals surface area contributed by atoms with Gasteiger partial charge in [-0.2, -0.15) is 10.2 Å². The van der Waals surface area contributed by atoms with Crippen molar-refractivity contribution >= 4 is 104 Å². The topological polar surface area (TPSA) is 108 Å². The lowest BCUT2D eigenvalue weighted by Crippen LogP contribution is -2.13. The average Bonchev–Trinajstić information content (AvgIpc) is 3.52. The van der Waals surface area contributed by atoms with Crippen LogP contribution in [0.5, 0.6) is 0 Å². The van der Waals surface area contributed by atoms with Gasteiger partial charge in [0.15, 0.2) is 5.82 Å². The lowest BCUT2D eigenvalue weighted by molar-refractivity contribution is -0.114. The van der Waals surface area contributed by atoms with Crippen LogP contribution in [0, 0.1) is 0 Å². The van der Waals surface area contributed by atoms with Gasteiger partial charge < -0.3 is 11.1 Å². The Hall–Kier alpha value is -2.17. The average molecular weight is 646 g/mol. The summed E-state index contributed by atoms with van der Waals surface area (Å²) >= 11 is 38.3. The standard InChI is InChI=1S/C11H8Cl3N3O.C9H7Cl2N3.C2H2Cl2O/c12-6-11(18)15-10-3-4-17(16-10)7-1-2-8(13)9(14)5-7;10-7-2-1-6(5-8(7)11)14-4-3-9(12)13-14;3-1-2(4)5/h1-5H,6H2,(H,15,16,18);1-5H,(H2,12,13);1H2. The zero-order valence-electron chi connectivity index (χ0n) is 18.5. The van der Waals surface area contributed by atoms with E-state index in [-0.39, 0.29) is 17.7 Å². The number of anilines is 2. The number of nitrogens with two attached hydrogens (primary N) is 1. The van der Waals surface area contributed by atoms with Crippen molar-refractivity contribution in [3.63, 3.8) is 0 Å². The lowest BCUT2D eigenvalue weighted by atomic mass is 10.3. The number of rotatable bonds is 5. The smallest absolute Gasteiger partial charge is 0.240 e. The molecular weight excluding hydrogens is 628 g/mol. The maximum atomic E-state index is 11.1. The van der Waals surface area contributed by atoms with Gasteiger partial charge in [-0.15, -0.1) is 23.2 Å². The van der Waals surface area contributed by atoms with Gasteiger partial charge in [-0.05, 0) is 48.0 Å². The summed E-state index contributed by atoms with van der Waals surface area (Å²) in [5, 5.41) is 12.2. The van der Waals surface area contributed by atoms with Crippen LogP contribution in [-0.2, 0) is 9.59 Å². The van der Waals surface area contributed by atoms with Gasteiger partial charge in [0.1, 0.15) is 11.7 Å². The molecule has 4 rings (SSSR count). The zero-order chi connectivity index (χ0) is 27.5. The van der Waals surface area contributed by atoms with Crippen molar-refractivity contribution in [2.24, 2.45) is 0 Å². The summed E-state index contributed by atoms with van der Waals surface area (Å²) in [5.41, 5.74) is 7.07. The fourth-order valence-electron chi connectivity index (χ4n) is 2.45. The molecule has 0 aliphatic carbocycles. The van der Waals surface area contributed by atoms with Crippen molar-refractivity contribution in [2.75, 3.05) is 22.8 Å². The molecule has 0 fully saturated rings. The molecule has 0 spiro atoms. The molecule has 4 aromatic rings. The maximum Gasteiger partial charge on any atom is 0.240 e. The maximum absolute atomic E-state index is 11.1. The first kappa shape index (κ1) is 31.1. The van der Waals surface area contributed by atoms with E-state index in [4.69, 9.17) is 86.9 Å². The molecule has 1 amide bonds. The molecule has 37 heavy (non-hydrogen) atoms. The Kier molecular flexibility index (Phi) is 12.8. The number of amides is 1. The molecule has 196 valence electrons. The minimum Gasteiger partial charge on any atom is -0.382 e. The molecule has 0 bridgehead atoms. The van der Waals surface area contributed by atoms with E-state index >= 15 is 0 Å². The van der Waals surface area contributed by atoms with Crippen molar-refractivity contribution in [2.45, 2.75) is 0 Å². The van der Waals surface area contributed by atoms with Crippen LogP contribution in [0.3, 0.4) is 0 Å². The Morgan fingerprint density at radius 2 is 1.24 bits per heavy atom. The lowest BCUT2D eigenvalue weighted by Gasteiger charge is -2.03. The molecule has 0 saturated heterocycles. The van der Waals surface area contributed by atoms with Gasteiger partial charge in [0.2, 0.25) is 11.1 Å². The molecule has 0 saturated carbocycles. The third-order valence-electron chi connectivity index (χ3n) is 4.03. The Morgan fingerprint density at radius 1 is 0.757 bits per heavy atom. The van der Waals surface area contributed by atoms with Crippen LogP contribution in [0.1, 0.15) is 0 Å². The quantitative estimate of drug-likeness (QED) is 0.178. The molecule has 2 heterocycles. The first-order chi connectivity index (χ1) is 17.5. The molecular formula is C22H17Cl7N6O2. The summed E-state index contributed by atoms with van der Waals surface area (Å²) in [6.07, 6.45) is 3.46. The van der Waals surface area contributed by atoms with Gasteiger partial charge >= 0.3 is 0 Å². The highest BCUT2D eigenvalue weighted by atomic mass is 35.5. The Morgan fingerprint density at radius 3 is 1.65 bits per heavy atom. The predicted octanol–water partition coefficient (Wildman–Crippen LogP) is 7.11. The first-order valence-corrected chi connectivity index (χ1v) is 12.9. The molecule has 2 aromatic heterocycles. The second-order valence-corrected chi connectivity index (χ2v) is 9.28. The van der Waals surface area contributed by atoms with E-state index in [1.807, 2.05) is 6.07 Å². The van der Waals surface area contributed by atoms with Gasteiger partial charge in [0.05, 0.1) is 37.3 Å². The van der Waals surface area contributed by atoms with Gasteiger partial charge in [-0.1, -0.05) is 46.4 Å². The fraction of sp³-hybridized carbons (Fsp3) is 0.0909. The van der Waals surface area contributed by atoms with Crippen LogP contribution in [0.25, 0.3) is 11.4 Å². The largest absolute Gasteiger partial charge is 0.382 e. The zero-order valence-corrected chi connectivity index (χ0v) is 23.8. The molecule has 3 N–H and O–H groups in total. The van der Waals surface area contributed by atoms with Crippen LogP contribution in [0.4, 0.5) is 11.6 Å². The highest BCUT2D eigenvalue weighted by Crippen LogP contribution is 2.25. The number of carbonyl (C=O) groups is 2. The van der Waals surface area contributed by atoms with E-state index in [1.165, 1.54) is 0 Å². The molecule has 0 unspecified atom stereocenters. The van der Waals surface area contributed by atoms with Gasteiger partial charge in [-0.25, -0.2) is 9.36 Å². The number of alkyl halides is 2. The minimum atomic E-state index is -0.508. The third-order valence-corrected chi connectivity index (χ3v) is 6.26. The first-order valence-electron chi connectivity index (χ1n) is 9.91. The molecule has 15 heteroatoms. The molecule has 2 aromatic carbocycles. The second-order valence-electron chi connectivity index (χ2n) is 6.70. The number of benzene rings is 2. The molecule has 0 aliphatic heterocycles. The Bertz CT molecular complexity index is 1360. The SMILES string of the molecule is Nc1ccn(-c2ccc(Cl)c(Cl)c2)n1.O=C(CCl)Nc1ccn(-c2ccc(Cl)c(Cl)c2)n1.O=C(Cl)CCl. The van der Waals surface area contributed by atoms with Gasteiger partial charge in [0.25, 0.3) is 0 Å². The number of nitrogens with one attached hydrogen (secondary N) is 1. The van der Waals surface area contributed by atoms with E-state index in [1.54, 1.807) is 64.2 Å². The van der Waals surface area contributed by atoms with Crippen LogP contribution < -0.4 is 11.1 Å². The number of hydrogen-bond donors (Lipinski definition) is 2. The van der Waals surface area contributed by atoms with Gasteiger partial charge in [-0.3, -0.25) is 9.59 Å². The number of halogens is 7. The molecule has 0 atom stereocenters. The van der Waals surface area contributed by atoms with Gasteiger partial charge in [0, 0.05) is 24.5 Å². The van der Waals surface area contributed by atoms with Crippen molar-refractivity contribution < 1.29 is 9.59 Å². The summed E-state index contributed by atoms with van der Waals surface area (Å²) < 4.78 is 3.21. The predicted molar refractivity (Wildman–Crippen MR) is 153 cm³/mol. The number of aromatic nitrogens is 4. The van der Waals surface area contributed by atoms with Crippen molar-refractivity contribution in [1.29, 1.82) is 0 Å². The van der Waals surface area contributed by atoms with Crippen molar-refractivity contribution in [3.8, 4) is 11.4 Å². The van der Waals surface area contributed by atoms with Crippen molar-refractivity contribution in [1.82, 2.24) is 19.6 Å². The second kappa shape index (κ2) is 15.3. The third kappa shape index (κ3) is 10.2. The number of nitrogens with zero attached hydrogens (tertiary/aromatic N) is 4. The highest BCUT2D eigenvalue weighted by molar-refractivity contribution is 6.67. The minimum absolute atomic E-state index is 0.0957. The monoisotopic (exact) mass is 642 g/mol. The summed E-state index contributed by atoms with van der Waals surface area (Å²) in [5.74, 6) is 0.375. The van der Waals surface area contributed by atoms with Crippen LogP contribution in [-0.4, -0.2) is 42.5 Å². The van der Waals surface area contributed by atoms with E-state index in [0.717, 1.165) is 11.4 Å². The van der Waals surface area contributed by atoms with E-state index < -0.39 is 5.24 Å². The number of hydrogen-bond acceptors (Lipinski definition) is 5. The Balaban J connectivity index is 0.000000225. The van der Waals surface area contributed by atoms with Crippen LogP contribution in [0.2, 0.25) is 20.1 Å². The van der Waals surface area contributed by atoms with Crippen molar-refractivity contribution in [3.05, 3.63) is 81.0 Å². The van der Waals surface area contributed by atoms with Crippen LogP contribution in [0.15, 0.2) is 60.9 Å². The number of nitrogen functional groups attached to an aromatic ring is 1. The summed E-state index contributed by atoms with van der Waals surface area (Å²) in [7, 11) is 0. The normalized spacial score (nSPS) is 10.0. The van der Waals surface area contributed by atoms with Crippen LogP contribution >= 0.6 is 81.2 Å². The van der Waals surface area contributed by atoms with E-state index in [2.05, 4.69) is 15.5 Å². The molecule has 8 nitrogen and oxygen atoms in total. The van der Waals surface area contributed by atoms with E-state index in [9.17, 15) is 9.59 Å². The highest BCUT2D eigenvalue weighted by Gasteiger charge is 2.06. The fourth-order valence-corrected chi connectivity index (χ4v) is 3.10. The summed E-state index contributed by atoms with van der Waals surface area (Å²) in [6.45, 7) is 0. The number of carbonyl (C=O) groups excluding carboxylic acids is 2. The molecule has 0 aliphatic rings. The van der Waals surface area contributed by atoms with E-state index in [0.29, 0.717) is 31.7 Å². The summed E-state index contributed by atoms with van der Waals surface area (Å²) in [6, 6.07) is 13.8.